The standard InChI is InChI=1S/C17H17BrFNO/c1-10-7-11(3-5-14(10)18)17-9-15(20-2)13-8-12(19)4-6-16(13)21-17/h3-8,15,17,20H,9H2,1-2H3. The molecule has 1 aliphatic rings. The summed E-state index contributed by atoms with van der Waals surface area (Å²) in [6.45, 7) is 2.06. The zero-order valence-electron chi connectivity index (χ0n) is 12.0. The number of hydrogen-bond donors (Lipinski definition) is 1. The molecule has 2 aromatic carbocycles. The van der Waals surface area contributed by atoms with Crippen LogP contribution in [0.5, 0.6) is 5.75 Å². The number of fused-ring (bicyclic) bond motifs is 1. The first kappa shape index (κ1) is 14.5. The van der Waals surface area contributed by atoms with Crippen LogP contribution in [-0.2, 0) is 0 Å². The van der Waals surface area contributed by atoms with E-state index in [9.17, 15) is 4.39 Å². The Hall–Kier alpha value is -1.39. The Morgan fingerprint density at radius 2 is 2.05 bits per heavy atom. The summed E-state index contributed by atoms with van der Waals surface area (Å²) in [5.41, 5.74) is 3.22. The smallest absolute Gasteiger partial charge is 0.126 e. The molecular weight excluding hydrogens is 333 g/mol. The summed E-state index contributed by atoms with van der Waals surface area (Å²) in [7, 11) is 1.90. The number of rotatable bonds is 2. The van der Waals surface area contributed by atoms with Crippen molar-refractivity contribution in [3.8, 4) is 5.75 Å². The average molecular weight is 350 g/mol. The first-order chi connectivity index (χ1) is 10.1. The number of hydrogen-bond acceptors (Lipinski definition) is 2. The predicted octanol–water partition coefficient (Wildman–Crippen LogP) is 4.68. The van der Waals surface area contributed by atoms with Crippen LogP contribution in [0.2, 0.25) is 0 Å². The van der Waals surface area contributed by atoms with Crippen LogP contribution in [0.1, 0.15) is 35.3 Å². The number of ether oxygens (including phenoxy) is 1. The normalized spacial score (nSPS) is 20.8. The molecule has 0 saturated carbocycles. The van der Waals surface area contributed by atoms with Crippen LogP contribution in [0, 0.1) is 12.7 Å². The monoisotopic (exact) mass is 349 g/mol. The molecule has 0 bridgehead atoms. The minimum Gasteiger partial charge on any atom is -0.485 e. The summed E-state index contributed by atoms with van der Waals surface area (Å²) in [6, 6.07) is 11.1. The van der Waals surface area contributed by atoms with Gasteiger partial charge < -0.3 is 10.1 Å². The SMILES string of the molecule is CNC1CC(c2ccc(Br)c(C)c2)Oc2ccc(F)cc21. The molecule has 110 valence electrons. The lowest BCUT2D eigenvalue weighted by Gasteiger charge is -2.32. The summed E-state index contributed by atoms with van der Waals surface area (Å²) in [5.74, 6) is 0.531. The van der Waals surface area contributed by atoms with Crippen molar-refractivity contribution in [1.29, 1.82) is 0 Å². The zero-order valence-corrected chi connectivity index (χ0v) is 13.6. The molecule has 0 radical (unpaired) electrons. The lowest BCUT2D eigenvalue weighted by Crippen LogP contribution is -2.27. The highest BCUT2D eigenvalue weighted by molar-refractivity contribution is 9.10. The van der Waals surface area contributed by atoms with E-state index in [-0.39, 0.29) is 18.0 Å². The van der Waals surface area contributed by atoms with Gasteiger partial charge in [-0.25, -0.2) is 4.39 Å². The molecule has 1 aliphatic heterocycles. The molecule has 0 fully saturated rings. The van der Waals surface area contributed by atoms with Gasteiger partial charge in [0.05, 0.1) is 0 Å². The van der Waals surface area contributed by atoms with Gasteiger partial charge in [-0.05, 0) is 49.4 Å². The molecule has 2 atom stereocenters. The first-order valence-corrected chi connectivity index (χ1v) is 7.77. The molecule has 2 nitrogen and oxygen atoms in total. The molecule has 2 unspecified atom stereocenters. The van der Waals surface area contributed by atoms with Gasteiger partial charge in [0.1, 0.15) is 17.7 Å². The maximum Gasteiger partial charge on any atom is 0.126 e. The molecule has 4 heteroatoms. The zero-order chi connectivity index (χ0) is 15.0. The van der Waals surface area contributed by atoms with E-state index in [1.54, 1.807) is 12.1 Å². The molecule has 0 aromatic heterocycles. The Kier molecular flexibility index (Phi) is 4.00. The second kappa shape index (κ2) is 5.78. The fourth-order valence-corrected chi connectivity index (χ4v) is 3.03. The van der Waals surface area contributed by atoms with E-state index in [1.165, 1.54) is 11.6 Å². The first-order valence-electron chi connectivity index (χ1n) is 6.98. The molecule has 3 rings (SSSR count). The van der Waals surface area contributed by atoms with Crippen molar-refractivity contribution >= 4 is 15.9 Å². The van der Waals surface area contributed by atoms with Gasteiger partial charge >= 0.3 is 0 Å². The van der Waals surface area contributed by atoms with Gasteiger partial charge in [-0.2, -0.15) is 0 Å². The Labute approximate surface area is 132 Å². The number of aryl methyl sites for hydroxylation is 1. The molecule has 1 N–H and O–H groups in total. The summed E-state index contributed by atoms with van der Waals surface area (Å²) >= 11 is 3.52. The second-order valence-corrected chi connectivity index (χ2v) is 6.23. The molecule has 0 amide bonds. The van der Waals surface area contributed by atoms with E-state index in [0.717, 1.165) is 27.8 Å². The number of halogens is 2. The molecular formula is C17H17BrFNO. The van der Waals surface area contributed by atoms with Gasteiger partial charge in [-0.1, -0.05) is 28.1 Å². The highest BCUT2D eigenvalue weighted by atomic mass is 79.9. The molecule has 21 heavy (non-hydrogen) atoms. The van der Waals surface area contributed by atoms with E-state index in [2.05, 4.69) is 40.3 Å². The van der Waals surface area contributed by atoms with Crippen LogP contribution in [0.25, 0.3) is 0 Å². The Balaban J connectivity index is 1.96. The van der Waals surface area contributed by atoms with E-state index in [0.29, 0.717) is 0 Å². The highest BCUT2D eigenvalue weighted by Crippen LogP contribution is 2.41. The van der Waals surface area contributed by atoms with Crippen molar-refractivity contribution in [2.24, 2.45) is 0 Å². The van der Waals surface area contributed by atoms with Crippen molar-refractivity contribution in [2.45, 2.75) is 25.5 Å². The summed E-state index contributed by atoms with van der Waals surface area (Å²) in [4.78, 5) is 0. The number of nitrogens with one attached hydrogen (secondary N) is 1. The van der Waals surface area contributed by atoms with Crippen LogP contribution < -0.4 is 10.1 Å². The third-order valence-electron chi connectivity index (χ3n) is 3.97. The van der Waals surface area contributed by atoms with Crippen molar-refractivity contribution in [2.75, 3.05) is 7.05 Å². The Morgan fingerprint density at radius 1 is 1.24 bits per heavy atom. The average Bonchev–Trinajstić information content (AvgIpc) is 2.49. The van der Waals surface area contributed by atoms with E-state index < -0.39 is 0 Å². The van der Waals surface area contributed by atoms with Crippen LogP contribution in [0.3, 0.4) is 0 Å². The summed E-state index contributed by atoms with van der Waals surface area (Å²) in [5, 5.41) is 3.26. The highest BCUT2D eigenvalue weighted by Gasteiger charge is 2.28. The molecule has 0 aliphatic carbocycles. The minimum absolute atomic E-state index is 0.0211. The minimum atomic E-state index is -0.226. The van der Waals surface area contributed by atoms with Gasteiger partial charge in [0.15, 0.2) is 0 Å². The van der Waals surface area contributed by atoms with Crippen molar-refractivity contribution in [3.63, 3.8) is 0 Å². The molecule has 0 spiro atoms. The third kappa shape index (κ3) is 2.83. The van der Waals surface area contributed by atoms with Crippen molar-refractivity contribution in [1.82, 2.24) is 5.32 Å². The predicted molar refractivity (Wildman–Crippen MR) is 85.1 cm³/mol. The van der Waals surface area contributed by atoms with Gasteiger partial charge in [0, 0.05) is 22.5 Å². The Bertz CT molecular complexity index is 674. The topological polar surface area (TPSA) is 21.3 Å². The third-order valence-corrected chi connectivity index (χ3v) is 4.86. The molecule has 2 aromatic rings. The lowest BCUT2D eigenvalue weighted by atomic mass is 9.92. The van der Waals surface area contributed by atoms with Crippen molar-refractivity contribution in [3.05, 3.63) is 63.4 Å². The van der Waals surface area contributed by atoms with Gasteiger partial charge in [0.25, 0.3) is 0 Å². The van der Waals surface area contributed by atoms with Crippen LogP contribution >= 0.6 is 15.9 Å². The largest absolute Gasteiger partial charge is 0.485 e. The lowest BCUT2D eigenvalue weighted by molar-refractivity contribution is 0.153. The molecule has 1 heterocycles. The molecule has 0 saturated heterocycles. The fourth-order valence-electron chi connectivity index (χ4n) is 2.79. The maximum atomic E-state index is 13.4. The fraction of sp³-hybridized carbons (Fsp3) is 0.294. The summed E-state index contributed by atoms with van der Waals surface area (Å²) < 4.78 is 20.6. The van der Waals surface area contributed by atoms with Crippen LogP contribution in [0.4, 0.5) is 4.39 Å². The quantitative estimate of drug-likeness (QED) is 0.849. The van der Waals surface area contributed by atoms with E-state index >= 15 is 0 Å². The number of benzene rings is 2. The summed E-state index contributed by atoms with van der Waals surface area (Å²) in [6.07, 6.45) is 0.765. The van der Waals surface area contributed by atoms with Gasteiger partial charge in [-0.3, -0.25) is 0 Å². The van der Waals surface area contributed by atoms with Crippen LogP contribution in [-0.4, -0.2) is 7.05 Å². The maximum absolute atomic E-state index is 13.4. The van der Waals surface area contributed by atoms with E-state index in [1.807, 2.05) is 13.1 Å². The van der Waals surface area contributed by atoms with Gasteiger partial charge in [0.2, 0.25) is 0 Å². The van der Waals surface area contributed by atoms with Crippen LogP contribution in [0.15, 0.2) is 40.9 Å². The van der Waals surface area contributed by atoms with Crippen molar-refractivity contribution < 1.29 is 9.13 Å². The Morgan fingerprint density at radius 3 is 2.76 bits per heavy atom. The second-order valence-electron chi connectivity index (χ2n) is 5.37. The van der Waals surface area contributed by atoms with Gasteiger partial charge in [-0.15, -0.1) is 0 Å². The van der Waals surface area contributed by atoms with E-state index in [4.69, 9.17) is 4.74 Å².